The van der Waals surface area contributed by atoms with E-state index in [0.29, 0.717) is 32.7 Å². The topological polar surface area (TPSA) is 36.9 Å². The Labute approximate surface area is 160 Å². The number of rotatable bonds is 11. The molecule has 1 saturated carbocycles. The monoisotopic (exact) mass is 384 g/mol. The Hall–Kier alpha value is -1.08. The molecule has 0 amide bonds. The highest BCUT2D eigenvalue weighted by Gasteiger charge is 2.33. The molecule has 4 nitrogen and oxygen atoms in total. The summed E-state index contributed by atoms with van der Waals surface area (Å²) in [5, 5.41) is 0. The van der Waals surface area contributed by atoms with Crippen molar-refractivity contribution in [1.29, 1.82) is 0 Å². The van der Waals surface area contributed by atoms with Crippen molar-refractivity contribution < 1.29 is 27.7 Å². The number of alkyl halides is 2. The van der Waals surface area contributed by atoms with Crippen LogP contribution in [0.25, 0.3) is 0 Å². The Morgan fingerprint density at radius 2 is 1.78 bits per heavy atom. The van der Waals surface area contributed by atoms with Gasteiger partial charge < -0.3 is 18.9 Å². The van der Waals surface area contributed by atoms with Crippen molar-refractivity contribution in [3.8, 4) is 0 Å². The first-order valence-corrected chi connectivity index (χ1v) is 9.99. The Bertz CT molecular complexity index is 528. The highest BCUT2D eigenvalue weighted by atomic mass is 19.3. The van der Waals surface area contributed by atoms with Gasteiger partial charge in [0.15, 0.2) is 6.29 Å². The molecule has 0 N–H and O–H groups in total. The molecule has 1 aromatic rings. The average molecular weight is 384 g/mol. The van der Waals surface area contributed by atoms with Gasteiger partial charge in [-0.05, 0) is 44.1 Å². The second-order valence-electron chi connectivity index (χ2n) is 7.45. The third-order valence-electron chi connectivity index (χ3n) is 5.04. The van der Waals surface area contributed by atoms with Crippen molar-refractivity contribution in [3.05, 3.63) is 35.9 Å². The van der Waals surface area contributed by atoms with Crippen molar-refractivity contribution >= 4 is 0 Å². The van der Waals surface area contributed by atoms with Gasteiger partial charge in [-0.2, -0.15) is 0 Å². The number of halogens is 2. The summed E-state index contributed by atoms with van der Waals surface area (Å²) >= 11 is 0. The van der Waals surface area contributed by atoms with Gasteiger partial charge in [-0.25, -0.2) is 8.78 Å². The van der Waals surface area contributed by atoms with E-state index < -0.39 is 18.8 Å². The summed E-state index contributed by atoms with van der Waals surface area (Å²) in [6.07, 6.45) is 4.31. The maximum Gasteiger partial charge on any atom is 0.271 e. The Kier molecular flexibility index (Phi) is 8.00. The van der Waals surface area contributed by atoms with Crippen molar-refractivity contribution in [2.24, 2.45) is 0 Å². The van der Waals surface area contributed by atoms with E-state index in [-0.39, 0.29) is 18.6 Å². The van der Waals surface area contributed by atoms with Crippen LogP contribution in [-0.4, -0.2) is 44.2 Å². The Morgan fingerprint density at radius 1 is 1.00 bits per heavy atom. The van der Waals surface area contributed by atoms with Gasteiger partial charge in [0.2, 0.25) is 0 Å². The molecule has 1 aliphatic carbocycles. The van der Waals surface area contributed by atoms with Crippen LogP contribution >= 0.6 is 0 Å². The minimum Gasteiger partial charge on any atom is -0.378 e. The first-order valence-electron chi connectivity index (χ1n) is 9.99. The molecule has 0 aromatic heterocycles. The molecule has 0 spiro atoms. The van der Waals surface area contributed by atoms with Gasteiger partial charge in [-0.15, -0.1) is 0 Å². The molecule has 1 atom stereocenters. The maximum atomic E-state index is 13.9. The minimum atomic E-state index is -2.83. The van der Waals surface area contributed by atoms with Gasteiger partial charge in [0.1, 0.15) is 6.61 Å². The van der Waals surface area contributed by atoms with E-state index in [9.17, 15) is 8.78 Å². The van der Waals surface area contributed by atoms with Gasteiger partial charge in [0.05, 0.1) is 18.8 Å². The molecule has 2 fully saturated rings. The molecule has 1 unspecified atom stereocenters. The molecule has 1 saturated heterocycles. The normalized spacial score (nSPS) is 25.9. The summed E-state index contributed by atoms with van der Waals surface area (Å²) in [4.78, 5) is 0. The second kappa shape index (κ2) is 10.5. The third-order valence-corrected chi connectivity index (χ3v) is 5.04. The fraction of sp³-hybridized carbons (Fsp3) is 0.714. The van der Waals surface area contributed by atoms with Crippen LogP contribution in [0.5, 0.6) is 0 Å². The number of hydrogen-bond donors (Lipinski definition) is 0. The van der Waals surface area contributed by atoms with Gasteiger partial charge in [0, 0.05) is 19.6 Å². The van der Waals surface area contributed by atoms with E-state index >= 15 is 0 Å². The molecule has 1 heterocycles. The molecule has 0 radical (unpaired) electrons. The Balaban J connectivity index is 1.19. The SMILES string of the molecule is FC(F)(CCCO[C@H]1C[C@@H](OCc2ccccc2)C1)COC1CCCCO1. The zero-order valence-electron chi connectivity index (χ0n) is 15.8. The van der Waals surface area contributed by atoms with Crippen LogP contribution in [0.15, 0.2) is 30.3 Å². The van der Waals surface area contributed by atoms with Crippen molar-refractivity contribution in [3.63, 3.8) is 0 Å². The van der Waals surface area contributed by atoms with Crippen molar-refractivity contribution in [2.75, 3.05) is 19.8 Å². The lowest BCUT2D eigenvalue weighted by Gasteiger charge is -2.35. The summed E-state index contributed by atoms with van der Waals surface area (Å²) in [5.41, 5.74) is 1.16. The Morgan fingerprint density at radius 3 is 2.52 bits per heavy atom. The lowest BCUT2D eigenvalue weighted by atomic mass is 9.92. The maximum absolute atomic E-state index is 13.9. The largest absolute Gasteiger partial charge is 0.378 e. The zero-order valence-corrected chi connectivity index (χ0v) is 15.8. The van der Waals surface area contributed by atoms with Crippen LogP contribution in [-0.2, 0) is 25.6 Å². The van der Waals surface area contributed by atoms with E-state index in [1.807, 2.05) is 30.3 Å². The first-order chi connectivity index (χ1) is 13.1. The number of ether oxygens (including phenoxy) is 4. The molecule has 3 rings (SSSR count). The summed E-state index contributed by atoms with van der Waals surface area (Å²) < 4.78 is 49.7. The summed E-state index contributed by atoms with van der Waals surface area (Å²) in [7, 11) is 0. The molecule has 6 heteroatoms. The van der Waals surface area contributed by atoms with Crippen LogP contribution in [0.3, 0.4) is 0 Å². The molecule has 2 aliphatic rings. The van der Waals surface area contributed by atoms with Crippen LogP contribution in [0.4, 0.5) is 8.78 Å². The molecular formula is C21H30F2O4. The van der Waals surface area contributed by atoms with Crippen molar-refractivity contribution in [1.82, 2.24) is 0 Å². The summed E-state index contributed by atoms with van der Waals surface area (Å²) in [6, 6.07) is 10.0. The van der Waals surface area contributed by atoms with Crippen LogP contribution in [0, 0.1) is 0 Å². The smallest absolute Gasteiger partial charge is 0.271 e. The summed E-state index contributed by atoms with van der Waals surface area (Å²) in [5.74, 6) is -2.83. The van der Waals surface area contributed by atoms with Crippen LogP contribution in [0.2, 0.25) is 0 Å². The van der Waals surface area contributed by atoms with Crippen LogP contribution in [0.1, 0.15) is 50.5 Å². The molecule has 1 aromatic carbocycles. The van der Waals surface area contributed by atoms with Gasteiger partial charge in [-0.3, -0.25) is 0 Å². The van der Waals surface area contributed by atoms with E-state index in [0.717, 1.165) is 31.2 Å². The number of hydrogen-bond acceptors (Lipinski definition) is 4. The van der Waals surface area contributed by atoms with Crippen molar-refractivity contribution in [2.45, 2.75) is 76.0 Å². The number of benzene rings is 1. The third kappa shape index (κ3) is 7.45. The predicted molar refractivity (Wildman–Crippen MR) is 97.7 cm³/mol. The minimum absolute atomic E-state index is 0.131. The standard InChI is InChI=1S/C21H30F2O4/c22-21(23,16-27-20-9-4-5-11-25-20)10-6-12-24-18-13-19(14-18)26-15-17-7-2-1-3-8-17/h1-3,7-8,18-20H,4-6,9-16H2/t18-,19+,20?. The van der Waals surface area contributed by atoms with E-state index in [1.165, 1.54) is 0 Å². The fourth-order valence-electron chi connectivity index (χ4n) is 3.29. The van der Waals surface area contributed by atoms with Gasteiger partial charge >= 0.3 is 0 Å². The molecule has 1 aliphatic heterocycles. The summed E-state index contributed by atoms with van der Waals surface area (Å²) in [6.45, 7) is 0.985. The average Bonchev–Trinajstić information content (AvgIpc) is 2.66. The van der Waals surface area contributed by atoms with Gasteiger partial charge in [-0.1, -0.05) is 30.3 Å². The lowest BCUT2D eigenvalue weighted by Crippen LogP contribution is -2.37. The lowest BCUT2D eigenvalue weighted by molar-refractivity contribution is -0.202. The highest BCUT2D eigenvalue weighted by Crippen LogP contribution is 2.28. The molecule has 152 valence electrons. The van der Waals surface area contributed by atoms with E-state index in [1.54, 1.807) is 0 Å². The molecular weight excluding hydrogens is 354 g/mol. The van der Waals surface area contributed by atoms with E-state index in [4.69, 9.17) is 18.9 Å². The predicted octanol–water partition coefficient (Wildman–Crippen LogP) is 4.71. The van der Waals surface area contributed by atoms with Crippen LogP contribution < -0.4 is 0 Å². The van der Waals surface area contributed by atoms with E-state index in [2.05, 4.69) is 0 Å². The molecule has 27 heavy (non-hydrogen) atoms. The fourth-order valence-corrected chi connectivity index (χ4v) is 3.29. The quantitative estimate of drug-likeness (QED) is 0.518. The van der Waals surface area contributed by atoms with Gasteiger partial charge in [0.25, 0.3) is 5.92 Å². The highest BCUT2D eigenvalue weighted by molar-refractivity contribution is 5.13. The second-order valence-corrected chi connectivity index (χ2v) is 7.45. The first kappa shape index (κ1) is 20.6. The molecule has 0 bridgehead atoms. The zero-order chi connectivity index (χ0) is 19.0.